The summed E-state index contributed by atoms with van der Waals surface area (Å²) in [6.45, 7) is 16.2. The van der Waals surface area contributed by atoms with Gasteiger partial charge in [-0.05, 0) is 69.1 Å². The van der Waals surface area contributed by atoms with E-state index >= 15 is 0 Å². The van der Waals surface area contributed by atoms with E-state index in [2.05, 4.69) is 59.5 Å². The average Bonchev–Trinajstić information content (AvgIpc) is 2.76. The van der Waals surface area contributed by atoms with E-state index in [0.717, 1.165) is 4.47 Å². The first-order chi connectivity index (χ1) is 16.9. The van der Waals surface area contributed by atoms with Gasteiger partial charge in [0, 0.05) is 16.6 Å². The van der Waals surface area contributed by atoms with E-state index in [-0.39, 0.29) is 11.1 Å². The van der Waals surface area contributed by atoms with Crippen molar-refractivity contribution in [3.63, 3.8) is 0 Å². The molecule has 2 atom stereocenters. The van der Waals surface area contributed by atoms with Crippen LogP contribution in [0.15, 0.2) is 58.0 Å². The van der Waals surface area contributed by atoms with Gasteiger partial charge in [0.15, 0.2) is 13.1 Å². The van der Waals surface area contributed by atoms with Crippen molar-refractivity contribution in [3.05, 3.63) is 69.9 Å². The standard InChI is InChI=1S/C27H38BrFN2O4SSi/c1-25(2,3)37(7,8)34-18-17-23(21-11-9-10-12-22(21)29)30-24-31-36(32,33)27(6,26(4,5)35-24)19-13-15-20(28)16-14-19/h9-16,23H,17-18H2,1-8H3,(H,30,31). The number of halogens is 2. The number of rotatable bonds is 7. The van der Waals surface area contributed by atoms with E-state index in [1.165, 1.54) is 6.07 Å². The van der Waals surface area contributed by atoms with Crippen molar-refractivity contribution in [2.45, 2.75) is 82.5 Å². The Balaban J connectivity index is 1.96. The number of ether oxygens (including phenoxy) is 1. The molecule has 2 aromatic rings. The molecule has 1 N–H and O–H groups in total. The third-order valence-electron chi connectivity index (χ3n) is 7.85. The Kier molecular flexibility index (Phi) is 8.40. The van der Waals surface area contributed by atoms with Crippen LogP contribution >= 0.6 is 15.9 Å². The Morgan fingerprint density at radius 2 is 1.70 bits per heavy atom. The lowest BCUT2D eigenvalue weighted by atomic mass is 9.85. The number of nitrogens with one attached hydrogen (secondary N) is 1. The summed E-state index contributed by atoms with van der Waals surface area (Å²) in [6, 6.07) is 12.6. The minimum atomic E-state index is -3.99. The van der Waals surface area contributed by atoms with Crippen LogP contribution in [0, 0.1) is 5.82 Å². The molecule has 1 fully saturated rings. The Morgan fingerprint density at radius 1 is 1.11 bits per heavy atom. The second kappa shape index (κ2) is 10.4. The maximum Gasteiger partial charge on any atom is 0.299 e. The van der Waals surface area contributed by atoms with Crippen molar-refractivity contribution in [1.29, 1.82) is 0 Å². The van der Waals surface area contributed by atoms with Crippen molar-refractivity contribution < 1.29 is 22.0 Å². The third-order valence-corrected chi connectivity index (χ3v) is 15.2. The van der Waals surface area contributed by atoms with E-state index in [1.807, 2.05) is 0 Å². The predicted molar refractivity (Wildman–Crippen MR) is 153 cm³/mol. The van der Waals surface area contributed by atoms with Gasteiger partial charge in [-0.1, -0.05) is 67.0 Å². The van der Waals surface area contributed by atoms with Gasteiger partial charge < -0.3 is 9.16 Å². The molecule has 37 heavy (non-hydrogen) atoms. The summed E-state index contributed by atoms with van der Waals surface area (Å²) < 4.78 is 56.7. The molecular weight excluding hydrogens is 575 g/mol. The zero-order chi connectivity index (χ0) is 27.9. The van der Waals surface area contributed by atoms with Crippen LogP contribution < -0.4 is 4.72 Å². The first-order valence-corrected chi connectivity index (χ1v) is 17.5. The molecule has 2 unspecified atom stereocenters. The van der Waals surface area contributed by atoms with Gasteiger partial charge in [-0.15, -0.1) is 0 Å². The second-order valence-corrected chi connectivity index (χ2v) is 19.4. The fourth-order valence-corrected chi connectivity index (χ4v) is 7.03. The highest BCUT2D eigenvalue weighted by Crippen LogP contribution is 2.45. The molecule has 1 heterocycles. The first kappa shape index (κ1) is 29.8. The average molecular weight is 614 g/mol. The SMILES string of the molecule is CC1(C)OC(=NC(CCO[Si](C)(C)C(C)(C)C)c2ccccc2F)NS(=O)(=O)C1(C)c1ccc(Br)cc1. The van der Waals surface area contributed by atoms with E-state index in [1.54, 1.807) is 63.2 Å². The summed E-state index contributed by atoms with van der Waals surface area (Å²) >= 11 is 3.40. The van der Waals surface area contributed by atoms with E-state index in [0.29, 0.717) is 24.2 Å². The monoisotopic (exact) mass is 612 g/mol. The number of hydrogen-bond donors (Lipinski definition) is 1. The number of hydrogen-bond acceptors (Lipinski definition) is 5. The minimum absolute atomic E-state index is 0.0238. The Labute approximate surface area is 230 Å². The van der Waals surface area contributed by atoms with Crippen molar-refractivity contribution in [3.8, 4) is 0 Å². The fraction of sp³-hybridized carbons (Fsp3) is 0.519. The number of nitrogens with zero attached hydrogens (tertiary/aromatic N) is 1. The zero-order valence-electron chi connectivity index (χ0n) is 22.9. The lowest BCUT2D eigenvalue weighted by Gasteiger charge is -2.47. The number of benzene rings is 2. The van der Waals surface area contributed by atoms with Crippen molar-refractivity contribution >= 4 is 40.3 Å². The van der Waals surface area contributed by atoms with Gasteiger partial charge in [-0.3, -0.25) is 0 Å². The quantitative estimate of drug-likeness (QED) is 0.340. The molecule has 0 radical (unpaired) electrons. The van der Waals surface area contributed by atoms with Crippen LogP contribution in [0.4, 0.5) is 4.39 Å². The molecule has 3 rings (SSSR count). The van der Waals surface area contributed by atoms with Gasteiger partial charge in [0.1, 0.15) is 11.4 Å². The highest BCUT2D eigenvalue weighted by atomic mass is 79.9. The molecular formula is C27H38BrFN2O4SSi. The summed E-state index contributed by atoms with van der Waals surface area (Å²) in [5, 5.41) is 0.0238. The number of amidine groups is 1. The Hall–Kier alpha value is -1.75. The molecule has 204 valence electrons. The van der Waals surface area contributed by atoms with Gasteiger partial charge >= 0.3 is 0 Å². The molecule has 2 aromatic carbocycles. The lowest BCUT2D eigenvalue weighted by Crippen LogP contribution is -2.63. The summed E-state index contributed by atoms with van der Waals surface area (Å²) in [4.78, 5) is 4.61. The van der Waals surface area contributed by atoms with Crippen LogP contribution in [-0.4, -0.2) is 35.0 Å². The smallest absolute Gasteiger partial charge is 0.299 e. The van der Waals surface area contributed by atoms with Crippen LogP contribution in [0.25, 0.3) is 0 Å². The summed E-state index contributed by atoms with van der Waals surface area (Å²) in [6.07, 6.45) is 0.367. The van der Waals surface area contributed by atoms with Gasteiger partial charge in [0.05, 0.1) is 6.04 Å². The second-order valence-electron chi connectivity index (χ2n) is 11.6. The van der Waals surface area contributed by atoms with Crippen LogP contribution in [0.2, 0.25) is 18.1 Å². The number of sulfonamides is 1. The molecule has 10 heteroatoms. The van der Waals surface area contributed by atoms with Crippen molar-refractivity contribution in [2.75, 3.05) is 6.61 Å². The summed E-state index contributed by atoms with van der Waals surface area (Å²) in [5.41, 5.74) is -0.238. The topological polar surface area (TPSA) is 77.0 Å². The number of aliphatic imine (C=N–C) groups is 1. The Bertz CT molecular complexity index is 1260. The predicted octanol–water partition coefficient (Wildman–Crippen LogP) is 7.04. The van der Waals surface area contributed by atoms with E-state index in [4.69, 9.17) is 9.16 Å². The van der Waals surface area contributed by atoms with Crippen LogP contribution in [-0.2, 0) is 23.9 Å². The molecule has 0 aromatic heterocycles. The molecule has 1 saturated heterocycles. The summed E-state index contributed by atoms with van der Waals surface area (Å²) in [5.74, 6) is -0.415. The maximum atomic E-state index is 14.8. The van der Waals surface area contributed by atoms with Crippen LogP contribution in [0.5, 0.6) is 0 Å². The van der Waals surface area contributed by atoms with Crippen molar-refractivity contribution in [2.24, 2.45) is 4.99 Å². The van der Waals surface area contributed by atoms with Crippen molar-refractivity contribution in [1.82, 2.24) is 4.72 Å². The van der Waals surface area contributed by atoms with Crippen LogP contribution in [0.1, 0.15) is 65.1 Å². The lowest BCUT2D eigenvalue weighted by molar-refractivity contribution is 0.0381. The molecule has 0 spiro atoms. The van der Waals surface area contributed by atoms with Gasteiger partial charge in [-0.25, -0.2) is 22.5 Å². The first-order valence-electron chi connectivity index (χ1n) is 12.3. The fourth-order valence-electron chi connectivity index (χ4n) is 4.04. The molecule has 1 aliphatic rings. The van der Waals surface area contributed by atoms with Gasteiger partial charge in [0.25, 0.3) is 6.02 Å². The van der Waals surface area contributed by atoms with Gasteiger partial charge in [-0.2, -0.15) is 0 Å². The van der Waals surface area contributed by atoms with Crippen LogP contribution in [0.3, 0.4) is 0 Å². The van der Waals surface area contributed by atoms with E-state index < -0.39 is 40.5 Å². The Morgan fingerprint density at radius 3 is 2.24 bits per heavy atom. The van der Waals surface area contributed by atoms with Gasteiger partial charge in [0.2, 0.25) is 10.0 Å². The molecule has 0 saturated carbocycles. The highest BCUT2D eigenvalue weighted by Gasteiger charge is 2.59. The normalized spacial score (nSPS) is 23.2. The van der Waals surface area contributed by atoms with E-state index in [9.17, 15) is 12.8 Å². The largest absolute Gasteiger partial charge is 0.456 e. The maximum absolute atomic E-state index is 14.8. The molecule has 0 amide bonds. The molecule has 0 aliphatic carbocycles. The summed E-state index contributed by atoms with van der Waals surface area (Å²) in [7, 11) is -6.02. The zero-order valence-corrected chi connectivity index (χ0v) is 26.3. The minimum Gasteiger partial charge on any atom is -0.456 e. The molecule has 0 bridgehead atoms. The third kappa shape index (κ3) is 5.97. The molecule has 6 nitrogen and oxygen atoms in total. The molecule has 1 aliphatic heterocycles. The highest BCUT2D eigenvalue weighted by molar-refractivity contribution is 9.10.